The van der Waals surface area contributed by atoms with Gasteiger partial charge in [-0.15, -0.1) is 36.2 Å². The lowest BCUT2D eigenvalue weighted by Crippen LogP contribution is -2.39. The van der Waals surface area contributed by atoms with Crippen molar-refractivity contribution in [2.45, 2.75) is 13.0 Å². The van der Waals surface area contributed by atoms with E-state index in [0.29, 0.717) is 6.54 Å². The van der Waals surface area contributed by atoms with Gasteiger partial charge < -0.3 is 11.1 Å². The Kier molecular flexibility index (Phi) is 8.56. The molecule has 2 rings (SSSR count). The van der Waals surface area contributed by atoms with Crippen molar-refractivity contribution in [1.82, 2.24) is 10.2 Å². The smallest absolute Gasteiger partial charge is 0.233 e. The number of thiophene rings is 1. The molecule has 0 radical (unpaired) electrons. The predicted molar refractivity (Wildman–Crippen MR) is 79.9 cm³/mol. The van der Waals surface area contributed by atoms with Crippen LogP contribution in [0.15, 0.2) is 11.4 Å². The van der Waals surface area contributed by atoms with Crippen molar-refractivity contribution >= 4 is 42.1 Å². The molecular formula is C11H19Cl2N3OS. The van der Waals surface area contributed by atoms with Crippen LogP contribution in [0, 0.1) is 0 Å². The Bertz CT molecular complexity index is 373. The zero-order chi connectivity index (χ0) is 11.4. The summed E-state index contributed by atoms with van der Waals surface area (Å²) in [5.74, 6) is -0.0757. The van der Waals surface area contributed by atoms with E-state index in [9.17, 15) is 4.79 Å². The van der Waals surface area contributed by atoms with Crippen LogP contribution in [0.3, 0.4) is 0 Å². The number of halogens is 2. The third kappa shape index (κ3) is 4.74. The number of carbonyl (C=O) groups excluding carboxylic acids is 1. The monoisotopic (exact) mass is 311 g/mol. The Morgan fingerprint density at radius 2 is 2.28 bits per heavy atom. The molecule has 2 heterocycles. The van der Waals surface area contributed by atoms with Gasteiger partial charge in [-0.1, -0.05) is 0 Å². The van der Waals surface area contributed by atoms with Gasteiger partial charge in [0.2, 0.25) is 5.91 Å². The van der Waals surface area contributed by atoms with Crippen LogP contribution in [0.4, 0.5) is 0 Å². The van der Waals surface area contributed by atoms with Crippen LogP contribution in [-0.4, -0.2) is 37.0 Å². The molecule has 1 amide bonds. The molecule has 104 valence electrons. The van der Waals surface area contributed by atoms with Crippen LogP contribution in [-0.2, 0) is 17.8 Å². The topological polar surface area (TPSA) is 58.4 Å². The molecule has 0 unspecified atom stereocenters. The lowest BCUT2D eigenvalue weighted by molar-refractivity contribution is -0.119. The molecule has 4 nitrogen and oxygen atoms in total. The van der Waals surface area contributed by atoms with Gasteiger partial charge in [0.15, 0.2) is 0 Å². The Morgan fingerprint density at radius 1 is 1.50 bits per heavy atom. The number of nitrogens with two attached hydrogens (primary N) is 1. The number of carbonyl (C=O) groups is 1. The molecule has 3 N–H and O–H groups in total. The minimum atomic E-state index is -0.0757. The van der Waals surface area contributed by atoms with E-state index in [0.717, 1.165) is 26.1 Å². The van der Waals surface area contributed by atoms with Crippen molar-refractivity contribution < 1.29 is 4.79 Å². The number of hydrogen-bond acceptors (Lipinski definition) is 4. The standard InChI is InChI=1S/C11H17N3OS.2ClH/c12-7-11(15)13-3-5-14-4-1-10-9(8-14)2-6-16-10;;/h2,6H,1,3-5,7-8,12H2,(H,13,15);2*1H. The second-order valence-corrected chi connectivity index (χ2v) is 4.95. The first-order valence-corrected chi connectivity index (χ1v) is 6.42. The third-order valence-corrected chi connectivity index (χ3v) is 3.85. The Labute approximate surface area is 124 Å². The largest absolute Gasteiger partial charge is 0.354 e. The lowest BCUT2D eigenvalue weighted by atomic mass is 10.1. The Hall–Kier alpha value is -0.330. The van der Waals surface area contributed by atoms with Crippen LogP contribution >= 0.6 is 36.2 Å². The maximum absolute atomic E-state index is 11.0. The van der Waals surface area contributed by atoms with Crippen LogP contribution in [0.5, 0.6) is 0 Å². The molecule has 0 aromatic carbocycles. The van der Waals surface area contributed by atoms with E-state index in [2.05, 4.69) is 21.7 Å². The summed E-state index contributed by atoms with van der Waals surface area (Å²) in [6, 6.07) is 2.20. The van der Waals surface area contributed by atoms with Gasteiger partial charge in [0, 0.05) is 31.1 Å². The fraction of sp³-hybridized carbons (Fsp3) is 0.545. The zero-order valence-electron chi connectivity index (χ0n) is 10.1. The van der Waals surface area contributed by atoms with Gasteiger partial charge in [-0.2, -0.15) is 0 Å². The maximum Gasteiger partial charge on any atom is 0.233 e. The van der Waals surface area contributed by atoms with Gasteiger partial charge >= 0.3 is 0 Å². The number of nitrogens with one attached hydrogen (secondary N) is 1. The van der Waals surface area contributed by atoms with Gasteiger partial charge in [0.05, 0.1) is 6.54 Å². The molecule has 1 aromatic heterocycles. The Morgan fingerprint density at radius 3 is 3.00 bits per heavy atom. The SMILES string of the molecule is Cl.Cl.NCC(=O)NCCN1CCc2sccc2C1. The molecule has 0 saturated carbocycles. The summed E-state index contributed by atoms with van der Waals surface area (Å²) < 4.78 is 0. The molecule has 1 aromatic rings. The molecule has 18 heavy (non-hydrogen) atoms. The van der Waals surface area contributed by atoms with Gasteiger partial charge in [-0.05, 0) is 23.4 Å². The van der Waals surface area contributed by atoms with Gasteiger partial charge in [-0.3, -0.25) is 9.69 Å². The number of nitrogens with zero attached hydrogens (tertiary/aromatic N) is 1. The molecule has 0 fully saturated rings. The molecule has 1 aliphatic heterocycles. The van der Waals surface area contributed by atoms with E-state index in [1.54, 1.807) is 0 Å². The summed E-state index contributed by atoms with van der Waals surface area (Å²) in [5, 5.41) is 4.95. The maximum atomic E-state index is 11.0. The fourth-order valence-corrected chi connectivity index (χ4v) is 2.81. The van der Waals surface area contributed by atoms with Crippen molar-refractivity contribution in [2.24, 2.45) is 5.73 Å². The average molecular weight is 312 g/mol. The third-order valence-electron chi connectivity index (χ3n) is 2.82. The number of amides is 1. The van der Waals surface area contributed by atoms with Crippen LogP contribution in [0.2, 0.25) is 0 Å². The minimum Gasteiger partial charge on any atom is -0.354 e. The molecule has 0 atom stereocenters. The summed E-state index contributed by atoms with van der Waals surface area (Å²) in [5.41, 5.74) is 6.66. The average Bonchev–Trinajstić information content (AvgIpc) is 2.76. The predicted octanol–water partition coefficient (Wildman–Crippen LogP) is 1.02. The molecule has 0 aliphatic carbocycles. The van der Waals surface area contributed by atoms with E-state index in [1.165, 1.54) is 10.4 Å². The Balaban J connectivity index is 0.00000144. The van der Waals surface area contributed by atoms with Crippen LogP contribution < -0.4 is 11.1 Å². The summed E-state index contributed by atoms with van der Waals surface area (Å²) in [7, 11) is 0. The first-order chi connectivity index (χ1) is 7.79. The first kappa shape index (κ1) is 17.7. The summed E-state index contributed by atoms with van der Waals surface area (Å²) in [6.45, 7) is 3.77. The summed E-state index contributed by atoms with van der Waals surface area (Å²) in [4.78, 5) is 14.8. The highest BCUT2D eigenvalue weighted by atomic mass is 35.5. The summed E-state index contributed by atoms with van der Waals surface area (Å²) >= 11 is 1.85. The van der Waals surface area contributed by atoms with Crippen molar-refractivity contribution in [3.63, 3.8) is 0 Å². The highest BCUT2D eigenvalue weighted by molar-refractivity contribution is 7.10. The van der Waals surface area contributed by atoms with Gasteiger partial charge in [-0.25, -0.2) is 0 Å². The van der Waals surface area contributed by atoms with Crippen LogP contribution in [0.25, 0.3) is 0 Å². The van der Waals surface area contributed by atoms with E-state index < -0.39 is 0 Å². The zero-order valence-corrected chi connectivity index (χ0v) is 12.5. The number of hydrogen-bond donors (Lipinski definition) is 2. The number of rotatable bonds is 4. The van der Waals surface area contributed by atoms with E-state index in [1.807, 2.05) is 11.3 Å². The molecule has 7 heteroatoms. The van der Waals surface area contributed by atoms with Crippen molar-refractivity contribution in [3.05, 3.63) is 21.9 Å². The van der Waals surface area contributed by atoms with Crippen molar-refractivity contribution in [1.29, 1.82) is 0 Å². The van der Waals surface area contributed by atoms with Gasteiger partial charge in [0.1, 0.15) is 0 Å². The van der Waals surface area contributed by atoms with E-state index >= 15 is 0 Å². The summed E-state index contributed by atoms with van der Waals surface area (Å²) in [6.07, 6.45) is 1.14. The van der Waals surface area contributed by atoms with Crippen molar-refractivity contribution in [2.75, 3.05) is 26.2 Å². The fourth-order valence-electron chi connectivity index (χ4n) is 1.92. The lowest BCUT2D eigenvalue weighted by Gasteiger charge is -2.26. The quantitative estimate of drug-likeness (QED) is 0.873. The van der Waals surface area contributed by atoms with Crippen LogP contribution in [0.1, 0.15) is 10.4 Å². The minimum absolute atomic E-state index is 0. The molecular weight excluding hydrogens is 293 g/mol. The molecule has 1 aliphatic rings. The molecule has 0 saturated heterocycles. The normalized spacial score (nSPS) is 14.1. The molecule has 0 spiro atoms. The highest BCUT2D eigenvalue weighted by Gasteiger charge is 2.16. The first-order valence-electron chi connectivity index (χ1n) is 5.54. The van der Waals surface area contributed by atoms with Gasteiger partial charge in [0.25, 0.3) is 0 Å². The second-order valence-electron chi connectivity index (χ2n) is 3.95. The molecule has 0 bridgehead atoms. The van der Waals surface area contributed by atoms with E-state index in [4.69, 9.17) is 5.73 Å². The van der Waals surface area contributed by atoms with E-state index in [-0.39, 0.29) is 37.3 Å². The van der Waals surface area contributed by atoms with Crippen molar-refractivity contribution in [3.8, 4) is 0 Å². The highest BCUT2D eigenvalue weighted by Crippen LogP contribution is 2.23. The number of fused-ring (bicyclic) bond motifs is 1. The second kappa shape index (κ2) is 8.72.